The number of nitrogens with zero attached hydrogens (tertiary/aromatic N) is 1. The largest absolute Gasteiger partial charge is 0.290 e. The molecule has 1 unspecified atom stereocenters. The SMILES string of the molecule is CCC1N=CC(=O)NC1=O. The molecular formula is C6H8N2O2. The molecule has 0 radical (unpaired) electrons. The van der Waals surface area contributed by atoms with Gasteiger partial charge in [-0.25, -0.2) is 0 Å². The third-order valence-electron chi connectivity index (χ3n) is 1.31. The highest BCUT2D eigenvalue weighted by Gasteiger charge is 2.20. The van der Waals surface area contributed by atoms with E-state index in [1.807, 2.05) is 6.92 Å². The Bertz CT molecular complexity index is 198. The predicted octanol–water partition coefficient (Wildman–Crippen LogP) is -0.508. The molecule has 0 aromatic carbocycles. The zero-order valence-electron chi connectivity index (χ0n) is 5.63. The second-order valence-corrected chi connectivity index (χ2v) is 2.06. The first-order valence-corrected chi connectivity index (χ1v) is 3.12. The molecule has 0 aromatic heterocycles. The van der Waals surface area contributed by atoms with Gasteiger partial charge in [-0.3, -0.25) is 19.9 Å². The van der Waals surface area contributed by atoms with E-state index in [0.29, 0.717) is 6.42 Å². The molecule has 10 heavy (non-hydrogen) atoms. The predicted molar refractivity (Wildman–Crippen MR) is 35.7 cm³/mol. The molecule has 1 heterocycles. The average Bonchev–Trinajstić information content (AvgIpc) is 1.88. The Morgan fingerprint density at radius 1 is 1.70 bits per heavy atom. The maximum atomic E-state index is 10.8. The molecule has 0 bridgehead atoms. The number of amides is 2. The number of carbonyl (C=O) groups excluding carboxylic acids is 2. The van der Waals surface area contributed by atoms with Crippen LogP contribution < -0.4 is 5.32 Å². The summed E-state index contributed by atoms with van der Waals surface area (Å²) in [6, 6.07) is -0.363. The first-order chi connectivity index (χ1) is 4.74. The van der Waals surface area contributed by atoms with Crippen LogP contribution in [-0.4, -0.2) is 24.1 Å². The Kier molecular flexibility index (Phi) is 1.80. The molecule has 1 aliphatic heterocycles. The highest BCUT2D eigenvalue weighted by Crippen LogP contribution is 1.98. The molecule has 54 valence electrons. The van der Waals surface area contributed by atoms with Crippen LogP contribution in [0.15, 0.2) is 4.99 Å². The van der Waals surface area contributed by atoms with Crippen molar-refractivity contribution < 1.29 is 9.59 Å². The minimum absolute atomic E-state index is 0.296. The van der Waals surface area contributed by atoms with Crippen LogP contribution in [0.5, 0.6) is 0 Å². The summed E-state index contributed by atoms with van der Waals surface area (Å²) in [6.45, 7) is 1.84. The minimum atomic E-state index is -0.422. The van der Waals surface area contributed by atoms with E-state index < -0.39 is 5.91 Å². The van der Waals surface area contributed by atoms with Gasteiger partial charge in [0.05, 0.1) is 6.21 Å². The van der Waals surface area contributed by atoms with Crippen molar-refractivity contribution in [3.05, 3.63) is 0 Å². The highest BCUT2D eigenvalue weighted by molar-refractivity contribution is 6.32. The molecule has 0 aliphatic carbocycles. The molecule has 1 rings (SSSR count). The van der Waals surface area contributed by atoms with Crippen molar-refractivity contribution in [2.75, 3.05) is 0 Å². The summed E-state index contributed by atoms with van der Waals surface area (Å²) in [7, 11) is 0. The van der Waals surface area contributed by atoms with Crippen molar-refractivity contribution in [1.82, 2.24) is 5.32 Å². The van der Waals surface area contributed by atoms with E-state index in [2.05, 4.69) is 10.3 Å². The summed E-state index contributed by atoms with van der Waals surface area (Å²) in [5, 5.41) is 2.15. The summed E-state index contributed by atoms with van der Waals surface area (Å²) in [4.78, 5) is 25.0. The Morgan fingerprint density at radius 2 is 2.40 bits per heavy atom. The van der Waals surface area contributed by atoms with Crippen molar-refractivity contribution in [2.45, 2.75) is 19.4 Å². The van der Waals surface area contributed by atoms with E-state index in [4.69, 9.17) is 0 Å². The van der Waals surface area contributed by atoms with Crippen LogP contribution in [0.1, 0.15) is 13.3 Å². The van der Waals surface area contributed by atoms with Crippen molar-refractivity contribution in [3.63, 3.8) is 0 Å². The number of imide groups is 1. The van der Waals surface area contributed by atoms with Gasteiger partial charge in [0.15, 0.2) is 0 Å². The summed E-state index contributed by atoms with van der Waals surface area (Å²) in [5.41, 5.74) is 0. The molecule has 1 atom stereocenters. The van der Waals surface area contributed by atoms with Crippen molar-refractivity contribution in [2.24, 2.45) is 4.99 Å². The maximum absolute atomic E-state index is 10.8. The van der Waals surface area contributed by atoms with Gasteiger partial charge in [0.25, 0.3) is 11.8 Å². The van der Waals surface area contributed by atoms with Gasteiger partial charge in [-0.1, -0.05) is 6.92 Å². The van der Waals surface area contributed by atoms with Crippen LogP contribution in [0.3, 0.4) is 0 Å². The van der Waals surface area contributed by atoms with E-state index in [9.17, 15) is 9.59 Å². The van der Waals surface area contributed by atoms with Gasteiger partial charge in [0.2, 0.25) is 0 Å². The van der Waals surface area contributed by atoms with Crippen LogP contribution >= 0.6 is 0 Å². The maximum Gasteiger partial charge on any atom is 0.268 e. The zero-order valence-corrected chi connectivity index (χ0v) is 5.63. The number of hydrogen-bond donors (Lipinski definition) is 1. The van der Waals surface area contributed by atoms with E-state index in [1.165, 1.54) is 0 Å². The molecular weight excluding hydrogens is 132 g/mol. The van der Waals surface area contributed by atoms with E-state index in [1.54, 1.807) is 0 Å². The van der Waals surface area contributed by atoms with Crippen LogP contribution in [0.25, 0.3) is 0 Å². The smallest absolute Gasteiger partial charge is 0.268 e. The number of nitrogens with one attached hydrogen (secondary N) is 1. The van der Waals surface area contributed by atoms with E-state index >= 15 is 0 Å². The van der Waals surface area contributed by atoms with Crippen LogP contribution in [-0.2, 0) is 9.59 Å². The molecule has 1 N–H and O–H groups in total. The summed E-state index contributed by atoms with van der Waals surface area (Å²) in [6.07, 6.45) is 1.78. The second-order valence-electron chi connectivity index (χ2n) is 2.06. The first kappa shape index (κ1) is 6.92. The molecule has 2 amide bonds. The fourth-order valence-corrected chi connectivity index (χ4v) is 0.753. The summed E-state index contributed by atoms with van der Waals surface area (Å²) >= 11 is 0. The molecule has 0 aromatic rings. The lowest BCUT2D eigenvalue weighted by atomic mass is 10.2. The van der Waals surface area contributed by atoms with Gasteiger partial charge in [0, 0.05) is 0 Å². The highest BCUT2D eigenvalue weighted by atomic mass is 16.2. The molecule has 0 spiro atoms. The topological polar surface area (TPSA) is 58.5 Å². The molecule has 0 saturated carbocycles. The second kappa shape index (κ2) is 2.60. The minimum Gasteiger partial charge on any atom is -0.290 e. The van der Waals surface area contributed by atoms with Crippen molar-refractivity contribution in [1.29, 1.82) is 0 Å². The molecule has 0 saturated heterocycles. The van der Waals surface area contributed by atoms with E-state index in [0.717, 1.165) is 6.21 Å². The summed E-state index contributed by atoms with van der Waals surface area (Å²) < 4.78 is 0. The van der Waals surface area contributed by atoms with Crippen LogP contribution in [0.4, 0.5) is 0 Å². The van der Waals surface area contributed by atoms with Crippen molar-refractivity contribution in [3.8, 4) is 0 Å². The Labute approximate surface area is 58.3 Å². The average molecular weight is 140 g/mol. The standard InChI is InChI=1S/C6H8N2O2/c1-2-4-6(10)8-5(9)3-7-4/h3-4H,2H2,1H3,(H,8,9,10). The third-order valence-corrected chi connectivity index (χ3v) is 1.31. The Balaban J connectivity index is 2.71. The van der Waals surface area contributed by atoms with E-state index in [-0.39, 0.29) is 11.9 Å². The molecule has 4 heteroatoms. The number of aliphatic imine (C=N–C) groups is 1. The Hall–Kier alpha value is -1.19. The monoisotopic (exact) mass is 140 g/mol. The number of carbonyl (C=O) groups is 2. The van der Waals surface area contributed by atoms with Gasteiger partial charge in [-0.2, -0.15) is 0 Å². The number of rotatable bonds is 1. The molecule has 0 fully saturated rings. The fraction of sp³-hybridized carbons (Fsp3) is 0.500. The van der Waals surface area contributed by atoms with Gasteiger partial charge >= 0.3 is 0 Å². The van der Waals surface area contributed by atoms with Crippen molar-refractivity contribution >= 4 is 18.0 Å². The molecule has 4 nitrogen and oxygen atoms in total. The van der Waals surface area contributed by atoms with Gasteiger partial charge in [0.1, 0.15) is 6.04 Å². The lowest BCUT2D eigenvalue weighted by molar-refractivity contribution is -0.128. The fourth-order valence-electron chi connectivity index (χ4n) is 0.753. The number of hydrogen-bond acceptors (Lipinski definition) is 3. The lowest BCUT2D eigenvalue weighted by Crippen LogP contribution is -2.42. The van der Waals surface area contributed by atoms with Gasteiger partial charge in [-0.05, 0) is 6.42 Å². The molecule has 1 aliphatic rings. The first-order valence-electron chi connectivity index (χ1n) is 3.12. The lowest BCUT2D eigenvalue weighted by Gasteiger charge is -2.11. The quantitative estimate of drug-likeness (QED) is 0.499. The van der Waals surface area contributed by atoms with Crippen LogP contribution in [0, 0.1) is 0 Å². The van der Waals surface area contributed by atoms with Gasteiger partial charge < -0.3 is 0 Å². The normalized spacial score (nSPS) is 24.7. The van der Waals surface area contributed by atoms with Gasteiger partial charge in [-0.15, -0.1) is 0 Å². The summed E-state index contributed by atoms with van der Waals surface area (Å²) in [5.74, 6) is -0.718. The third kappa shape index (κ3) is 1.21. The Morgan fingerprint density at radius 3 is 2.90 bits per heavy atom. The van der Waals surface area contributed by atoms with Crippen LogP contribution in [0.2, 0.25) is 0 Å². The zero-order chi connectivity index (χ0) is 7.56.